The van der Waals surface area contributed by atoms with Crippen molar-refractivity contribution in [2.24, 2.45) is 0 Å². The van der Waals surface area contributed by atoms with Crippen molar-refractivity contribution in [3.8, 4) is 5.75 Å². The van der Waals surface area contributed by atoms with Gasteiger partial charge in [0.05, 0.1) is 22.6 Å². The van der Waals surface area contributed by atoms with E-state index in [2.05, 4.69) is 10.0 Å². The Labute approximate surface area is 226 Å². The second-order valence-corrected chi connectivity index (χ2v) is 11.9. The van der Waals surface area contributed by atoms with Gasteiger partial charge < -0.3 is 10.1 Å². The van der Waals surface area contributed by atoms with Crippen molar-refractivity contribution in [3.05, 3.63) is 108 Å². The topological polar surface area (TPSA) is 122 Å². The van der Waals surface area contributed by atoms with E-state index in [0.717, 1.165) is 16.4 Å². The number of amides is 1. The Hall–Kier alpha value is -4.42. The molecule has 0 radical (unpaired) electrons. The van der Waals surface area contributed by atoms with Gasteiger partial charge in [-0.3, -0.25) is 13.8 Å². The van der Waals surface area contributed by atoms with Gasteiger partial charge >= 0.3 is 0 Å². The number of anilines is 3. The molecule has 0 aromatic heterocycles. The summed E-state index contributed by atoms with van der Waals surface area (Å²) in [6.07, 6.45) is 0. The predicted octanol–water partition coefficient (Wildman–Crippen LogP) is 4.71. The third-order valence-corrected chi connectivity index (χ3v) is 8.93. The van der Waals surface area contributed by atoms with Crippen LogP contribution >= 0.6 is 0 Å². The van der Waals surface area contributed by atoms with Crippen molar-refractivity contribution in [2.45, 2.75) is 9.79 Å². The highest BCUT2D eigenvalue weighted by Gasteiger charge is 2.22. The molecule has 0 unspecified atom stereocenters. The molecule has 202 valence electrons. The first-order chi connectivity index (χ1) is 18.5. The van der Waals surface area contributed by atoms with Gasteiger partial charge in [-0.05, 0) is 97.1 Å². The number of benzene rings is 4. The Morgan fingerprint density at radius 2 is 1.28 bits per heavy atom. The first-order valence-electron chi connectivity index (χ1n) is 11.4. The molecule has 0 fully saturated rings. The molecule has 1 amide bonds. The summed E-state index contributed by atoms with van der Waals surface area (Å²) in [6.45, 7) is 0. The lowest BCUT2D eigenvalue weighted by Gasteiger charge is -2.20. The Morgan fingerprint density at radius 1 is 0.744 bits per heavy atom. The van der Waals surface area contributed by atoms with Crippen molar-refractivity contribution in [1.82, 2.24) is 0 Å². The lowest BCUT2D eigenvalue weighted by atomic mass is 10.2. The van der Waals surface area contributed by atoms with E-state index in [1.54, 1.807) is 12.1 Å². The minimum Gasteiger partial charge on any atom is -0.497 e. The molecule has 0 spiro atoms. The first kappa shape index (κ1) is 27.6. The Morgan fingerprint density at radius 3 is 1.85 bits per heavy atom. The summed E-state index contributed by atoms with van der Waals surface area (Å²) in [6, 6.07) is 22.4. The molecule has 0 aliphatic rings. The van der Waals surface area contributed by atoms with E-state index in [9.17, 15) is 26.0 Å². The fourth-order valence-electron chi connectivity index (χ4n) is 3.52. The molecule has 0 aliphatic heterocycles. The molecule has 2 N–H and O–H groups in total. The fourth-order valence-corrected chi connectivity index (χ4v) is 5.77. The largest absolute Gasteiger partial charge is 0.497 e. The quantitative estimate of drug-likeness (QED) is 0.301. The maximum absolute atomic E-state index is 13.1. The molecule has 0 heterocycles. The lowest BCUT2D eigenvalue weighted by molar-refractivity contribution is 0.102. The fraction of sp³-hybridized carbons (Fsp3) is 0.0741. The van der Waals surface area contributed by atoms with Gasteiger partial charge in [0, 0.05) is 24.0 Å². The van der Waals surface area contributed by atoms with Crippen molar-refractivity contribution in [2.75, 3.05) is 28.5 Å². The average Bonchev–Trinajstić information content (AvgIpc) is 2.94. The highest BCUT2D eigenvalue weighted by atomic mass is 32.2. The zero-order valence-electron chi connectivity index (χ0n) is 20.8. The Bertz CT molecular complexity index is 1670. The monoisotopic (exact) mass is 569 g/mol. The van der Waals surface area contributed by atoms with Crippen LogP contribution in [0.1, 0.15) is 10.4 Å². The maximum atomic E-state index is 13.1. The van der Waals surface area contributed by atoms with Gasteiger partial charge in [-0.25, -0.2) is 21.2 Å². The van der Waals surface area contributed by atoms with Gasteiger partial charge in [-0.2, -0.15) is 0 Å². The number of nitrogens with one attached hydrogen (secondary N) is 2. The normalized spacial score (nSPS) is 11.5. The second-order valence-electron chi connectivity index (χ2n) is 8.29. The van der Waals surface area contributed by atoms with Crippen LogP contribution in [0.3, 0.4) is 0 Å². The summed E-state index contributed by atoms with van der Waals surface area (Å²) < 4.78 is 72.6. The molecule has 9 nitrogen and oxygen atoms in total. The van der Waals surface area contributed by atoms with Crippen LogP contribution in [0, 0.1) is 5.82 Å². The molecule has 0 saturated heterocycles. The van der Waals surface area contributed by atoms with Crippen LogP contribution in [0.4, 0.5) is 21.5 Å². The summed E-state index contributed by atoms with van der Waals surface area (Å²) in [4.78, 5) is 12.8. The summed E-state index contributed by atoms with van der Waals surface area (Å²) in [5, 5.41) is 2.67. The highest BCUT2D eigenvalue weighted by molar-refractivity contribution is 7.93. The van der Waals surface area contributed by atoms with Crippen molar-refractivity contribution in [3.63, 3.8) is 0 Å². The zero-order valence-corrected chi connectivity index (χ0v) is 22.5. The lowest BCUT2D eigenvalue weighted by Crippen LogP contribution is -2.26. The van der Waals surface area contributed by atoms with Crippen LogP contribution in [-0.4, -0.2) is 36.9 Å². The van der Waals surface area contributed by atoms with Gasteiger partial charge in [-0.1, -0.05) is 0 Å². The summed E-state index contributed by atoms with van der Waals surface area (Å²) in [7, 11) is -4.85. The van der Waals surface area contributed by atoms with Crippen molar-refractivity contribution >= 4 is 43.0 Å². The second kappa shape index (κ2) is 11.1. The van der Waals surface area contributed by atoms with E-state index in [0.29, 0.717) is 17.1 Å². The number of nitrogens with zero attached hydrogens (tertiary/aromatic N) is 1. The predicted molar refractivity (Wildman–Crippen MR) is 147 cm³/mol. The van der Waals surface area contributed by atoms with Crippen LogP contribution in [0.2, 0.25) is 0 Å². The number of methoxy groups -OCH3 is 1. The highest BCUT2D eigenvalue weighted by Crippen LogP contribution is 2.25. The molecule has 0 atom stereocenters. The molecule has 4 rings (SSSR count). The standard InChI is InChI=1S/C27H24FN3O6S2/c1-31(39(35,36)26-17-13-24(37-2)14-18-26)23-11-3-19(4-12-23)27(32)29-21-9-15-25(16-10-21)38(33,34)30-22-7-5-20(28)6-8-22/h3-18,30H,1-2H3,(H,29,32). The SMILES string of the molecule is COc1ccc(S(=O)(=O)N(C)c2ccc(C(=O)Nc3ccc(S(=O)(=O)Nc4ccc(F)cc4)cc3)cc2)cc1. The third kappa shape index (κ3) is 6.36. The van der Waals surface area contributed by atoms with Gasteiger partial charge in [0.15, 0.2) is 0 Å². The van der Waals surface area contributed by atoms with Gasteiger partial charge in [0.2, 0.25) is 0 Å². The van der Waals surface area contributed by atoms with Crippen molar-refractivity contribution < 1.29 is 30.8 Å². The summed E-state index contributed by atoms with van der Waals surface area (Å²) in [5.41, 5.74) is 1.18. The van der Waals surface area contributed by atoms with E-state index >= 15 is 0 Å². The van der Waals surface area contributed by atoms with E-state index in [1.807, 2.05) is 0 Å². The smallest absolute Gasteiger partial charge is 0.264 e. The van der Waals surface area contributed by atoms with Crippen LogP contribution in [0.25, 0.3) is 0 Å². The molecular formula is C27H24FN3O6S2. The minimum absolute atomic E-state index is 0.0460. The molecule has 4 aromatic rings. The summed E-state index contributed by atoms with van der Waals surface area (Å²) in [5.74, 6) is -0.426. The average molecular weight is 570 g/mol. The van der Waals surface area contributed by atoms with E-state index in [-0.39, 0.29) is 21.0 Å². The van der Waals surface area contributed by atoms with Gasteiger partial charge in [-0.15, -0.1) is 0 Å². The zero-order chi connectivity index (χ0) is 28.2. The third-order valence-electron chi connectivity index (χ3n) is 5.73. The molecular weight excluding hydrogens is 545 g/mol. The summed E-state index contributed by atoms with van der Waals surface area (Å²) >= 11 is 0. The number of hydrogen-bond donors (Lipinski definition) is 2. The molecule has 0 saturated carbocycles. The van der Waals surface area contributed by atoms with E-state index in [1.165, 1.54) is 87.0 Å². The van der Waals surface area contributed by atoms with E-state index < -0.39 is 31.8 Å². The number of halogens is 1. The minimum atomic E-state index is -3.92. The number of rotatable bonds is 9. The van der Waals surface area contributed by atoms with E-state index in [4.69, 9.17) is 4.74 Å². The first-order valence-corrected chi connectivity index (χ1v) is 14.3. The number of carbonyl (C=O) groups excluding carboxylic acids is 1. The number of hydrogen-bond acceptors (Lipinski definition) is 6. The molecule has 0 bridgehead atoms. The Balaban J connectivity index is 1.42. The van der Waals surface area contributed by atoms with Crippen LogP contribution < -0.4 is 19.1 Å². The molecule has 4 aromatic carbocycles. The van der Waals surface area contributed by atoms with Crippen LogP contribution in [-0.2, 0) is 20.0 Å². The number of ether oxygens (including phenoxy) is 1. The van der Waals surface area contributed by atoms with Crippen molar-refractivity contribution in [1.29, 1.82) is 0 Å². The molecule has 39 heavy (non-hydrogen) atoms. The maximum Gasteiger partial charge on any atom is 0.264 e. The Kier molecular flexibility index (Phi) is 7.88. The molecule has 0 aliphatic carbocycles. The number of carbonyl (C=O) groups is 1. The van der Waals surface area contributed by atoms with Crippen LogP contribution in [0.5, 0.6) is 5.75 Å². The van der Waals surface area contributed by atoms with Crippen LogP contribution in [0.15, 0.2) is 107 Å². The van der Waals surface area contributed by atoms with Gasteiger partial charge in [0.25, 0.3) is 26.0 Å². The number of sulfonamides is 2. The molecule has 12 heteroatoms. The van der Waals surface area contributed by atoms with Gasteiger partial charge in [0.1, 0.15) is 11.6 Å².